The molecule has 1 N–H and O–H groups in total. The molecular weight excluding hydrogens is 334 g/mol. The molecule has 1 aliphatic carbocycles. The number of thioether (sulfide) groups is 1. The van der Waals surface area contributed by atoms with Crippen molar-refractivity contribution in [2.75, 3.05) is 11.1 Å². The molecule has 0 unspecified atom stereocenters. The summed E-state index contributed by atoms with van der Waals surface area (Å²) in [7, 11) is 0. The summed E-state index contributed by atoms with van der Waals surface area (Å²) in [4.78, 5) is 12.4. The standard InChI is InChI=1S/C19H23N3O2S/c1-13-14(2)22(11-15-6-5-9-24-15)19(17(13)10-20)21-18(23)12-25-16-7-3-4-8-16/h5-6,9,16H,3-4,7-8,11-12H2,1-2H3,(H,21,23). The Bertz CT molecular complexity index is 781. The van der Waals surface area contributed by atoms with Crippen molar-refractivity contribution in [1.82, 2.24) is 4.57 Å². The van der Waals surface area contributed by atoms with Gasteiger partial charge in [-0.25, -0.2) is 0 Å². The molecule has 5 nitrogen and oxygen atoms in total. The van der Waals surface area contributed by atoms with Crippen LogP contribution in [-0.2, 0) is 11.3 Å². The molecule has 1 aliphatic rings. The SMILES string of the molecule is Cc1c(C#N)c(NC(=O)CSC2CCCC2)n(Cc2ccco2)c1C. The van der Waals surface area contributed by atoms with Gasteiger partial charge in [0.25, 0.3) is 0 Å². The smallest absolute Gasteiger partial charge is 0.235 e. The van der Waals surface area contributed by atoms with E-state index in [1.54, 1.807) is 18.0 Å². The van der Waals surface area contributed by atoms with E-state index >= 15 is 0 Å². The predicted octanol–water partition coefficient (Wildman–Crippen LogP) is 4.23. The lowest BCUT2D eigenvalue weighted by Gasteiger charge is -2.13. The number of nitrogens with one attached hydrogen (secondary N) is 1. The molecule has 0 bridgehead atoms. The molecule has 0 aromatic carbocycles. The highest BCUT2D eigenvalue weighted by Crippen LogP contribution is 2.30. The van der Waals surface area contributed by atoms with Crippen LogP contribution in [0.1, 0.15) is 48.3 Å². The highest BCUT2D eigenvalue weighted by molar-refractivity contribution is 8.00. The molecule has 1 fully saturated rings. The molecular formula is C19H23N3O2S. The monoisotopic (exact) mass is 357 g/mol. The number of anilines is 1. The average Bonchev–Trinajstić information content (AvgIpc) is 3.33. The summed E-state index contributed by atoms with van der Waals surface area (Å²) in [5.41, 5.74) is 2.39. The quantitative estimate of drug-likeness (QED) is 0.840. The van der Waals surface area contributed by atoms with Gasteiger partial charge in [0.05, 0.1) is 24.1 Å². The van der Waals surface area contributed by atoms with Crippen molar-refractivity contribution in [3.05, 3.63) is 41.0 Å². The van der Waals surface area contributed by atoms with Crippen molar-refractivity contribution in [1.29, 1.82) is 5.26 Å². The maximum absolute atomic E-state index is 12.4. The molecule has 0 spiro atoms. The molecule has 0 saturated heterocycles. The Kier molecular flexibility index (Phi) is 5.54. The van der Waals surface area contributed by atoms with Crippen LogP contribution in [0.15, 0.2) is 22.8 Å². The van der Waals surface area contributed by atoms with Crippen LogP contribution in [0.5, 0.6) is 0 Å². The van der Waals surface area contributed by atoms with E-state index in [2.05, 4.69) is 11.4 Å². The first-order valence-electron chi connectivity index (χ1n) is 8.63. The Labute approximate surface area is 152 Å². The average molecular weight is 357 g/mol. The molecule has 25 heavy (non-hydrogen) atoms. The normalized spacial score (nSPS) is 14.6. The Morgan fingerprint density at radius 2 is 2.20 bits per heavy atom. The molecule has 1 amide bonds. The molecule has 0 aliphatic heterocycles. The second-order valence-corrected chi connectivity index (χ2v) is 7.77. The summed E-state index contributed by atoms with van der Waals surface area (Å²) in [5.74, 6) is 1.75. The second kappa shape index (κ2) is 7.83. The Morgan fingerprint density at radius 1 is 1.44 bits per heavy atom. The van der Waals surface area contributed by atoms with Crippen LogP contribution in [0.2, 0.25) is 0 Å². The third-order valence-electron chi connectivity index (χ3n) is 4.85. The van der Waals surface area contributed by atoms with Crippen LogP contribution in [0, 0.1) is 25.2 Å². The maximum Gasteiger partial charge on any atom is 0.235 e. The van der Waals surface area contributed by atoms with E-state index in [4.69, 9.17) is 4.42 Å². The fourth-order valence-corrected chi connectivity index (χ4v) is 4.43. The predicted molar refractivity (Wildman–Crippen MR) is 99.8 cm³/mol. The molecule has 2 heterocycles. The molecule has 0 radical (unpaired) electrons. The van der Waals surface area contributed by atoms with Gasteiger partial charge in [0.1, 0.15) is 17.6 Å². The van der Waals surface area contributed by atoms with E-state index in [0.717, 1.165) is 17.0 Å². The van der Waals surface area contributed by atoms with Crippen molar-refractivity contribution < 1.29 is 9.21 Å². The Balaban J connectivity index is 1.77. The number of hydrogen-bond donors (Lipinski definition) is 1. The molecule has 1 saturated carbocycles. The Morgan fingerprint density at radius 3 is 2.84 bits per heavy atom. The van der Waals surface area contributed by atoms with Gasteiger partial charge in [0.2, 0.25) is 5.91 Å². The van der Waals surface area contributed by atoms with Gasteiger partial charge in [-0.05, 0) is 44.4 Å². The Hall–Kier alpha value is -2.13. The third-order valence-corrected chi connectivity index (χ3v) is 6.22. The zero-order chi connectivity index (χ0) is 17.8. The maximum atomic E-state index is 12.4. The number of carbonyl (C=O) groups excluding carboxylic acids is 1. The van der Waals surface area contributed by atoms with Gasteiger partial charge < -0.3 is 14.3 Å². The van der Waals surface area contributed by atoms with Crippen molar-refractivity contribution in [2.24, 2.45) is 0 Å². The minimum Gasteiger partial charge on any atom is -0.467 e. The highest BCUT2D eigenvalue weighted by Gasteiger charge is 2.21. The van der Waals surface area contributed by atoms with Crippen LogP contribution in [0.3, 0.4) is 0 Å². The molecule has 6 heteroatoms. The fourth-order valence-electron chi connectivity index (χ4n) is 3.30. The zero-order valence-electron chi connectivity index (χ0n) is 14.7. The topological polar surface area (TPSA) is 71.0 Å². The number of amides is 1. The number of rotatable bonds is 6. The van der Waals surface area contributed by atoms with Crippen molar-refractivity contribution >= 4 is 23.5 Å². The number of aromatic nitrogens is 1. The summed E-state index contributed by atoms with van der Waals surface area (Å²) in [5, 5.41) is 13.1. The molecule has 0 atom stereocenters. The summed E-state index contributed by atoms with van der Waals surface area (Å²) in [6, 6.07) is 5.96. The zero-order valence-corrected chi connectivity index (χ0v) is 15.5. The van der Waals surface area contributed by atoms with E-state index in [1.807, 2.05) is 30.5 Å². The van der Waals surface area contributed by atoms with Crippen molar-refractivity contribution in [2.45, 2.75) is 51.3 Å². The van der Waals surface area contributed by atoms with Gasteiger partial charge in [-0.3, -0.25) is 4.79 Å². The number of furan rings is 1. The highest BCUT2D eigenvalue weighted by atomic mass is 32.2. The van der Waals surface area contributed by atoms with Crippen molar-refractivity contribution in [3.63, 3.8) is 0 Å². The lowest BCUT2D eigenvalue weighted by atomic mass is 10.2. The minimum absolute atomic E-state index is 0.0494. The van der Waals surface area contributed by atoms with E-state index in [-0.39, 0.29) is 5.91 Å². The fraction of sp³-hybridized carbons (Fsp3) is 0.474. The summed E-state index contributed by atoms with van der Waals surface area (Å²) in [6.45, 7) is 4.37. The molecule has 132 valence electrons. The van der Waals surface area contributed by atoms with Crippen LogP contribution in [0.4, 0.5) is 5.82 Å². The van der Waals surface area contributed by atoms with Gasteiger partial charge in [-0.2, -0.15) is 5.26 Å². The summed E-state index contributed by atoms with van der Waals surface area (Å²) in [6.07, 6.45) is 6.57. The second-order valence-electron chi connectivity index (χ2n) is 6.48. The largest absolute Gasteiger partial charge is 0.467 e. The lowest BCUT2D eigenvalue weighted by molar-refractivity contribution is -0.113. The van der Waals surface area contributed by atoms with Crippen LogP contribution in [-0.4, -0.2) is 21.5 Å². The van der Waals surface area contributed by atoms with Crippen LogP contribution >= 0.6 is 11.8 Å². The van der Waals surface area contributed by atoms with E-state index < -0.39 is 0 Å². The number of carbonyl (C=O) groups is 1. The first-order chi connectivity index (χ1) is 12.1. The van der Waals surface area contributed by atoms with E-state index in [1.165, 1.54) is 25.7 Å². The van der Waals surface area contributed by atoms with Crippen LogP contribution < -0.4 is 5.32 Å². The van der Waals surface area contributed by atoms with Gasteiger partial charge in [0.15, 0.2) is 0 Å². The van der Waals surface area contributed by atoms with Gasteiger partial charge in [-0.15, -0.1) is 11.8 Å². The van der Waals surface area contributed by atoms with Gasteiger partial charge >= 0.3 is 0 Å². The summed E-state index contributed by atoms with van der Waals surface area (Å²) < 4.78 is 7.38. The number of nitrogens with zero attached hydrogens (tertiary/aromatic N) is 2. The first-order valence-corrected chi connectivity index (χ1v) is 9.68. The number of hydrogen-bond acceptors (Lipinski definition) is 4. The lowest BCUT2D eigenvalue weighted by Crippen LogP contribution is -2.19. The molecule has 3 rings (SSSR count). The summed E-state index contributed by atoms with van der Waals surface area (Å²) >= 11 is 1.72. The minimum atomic E-state index is -0.0494. The van der Waals surface area contributed by atoms with Crippen LogP contribution in [0.25, 0.3) is 0 Å². The molecule has 2 aromatic heterocycles. The molecule has 2 aromatic rings. The van der Waals surface area contributed by atoms with E-state index in [0.29, 0.717) is 28.9 Å². The number of nitriles is 1. The van der Waals surface area contributed by atoms with Gasteiger partial charge in [0, 0.05) is 10.9 Å². The third kappa shape index (κ3) is 3.93. The first kappa shape index (κ1) is 17.7. The van der Waals surface area contributed by atoms with Crippen molar-refractivity contribution in [3.8, 4) is 6.07 Å². The van der Waals surface area contributed by atoms with Gasteiger partial charge in [-0.1, -0.05) is 12.8 Å². The van der Waals surface area contributed by atoms with E-state index in [9.17, 15) is 10.1 Å².